The second-order valence-corrected chi connectivity index (χ2v) is 5.26. The van der Waals surface area contributed by atoms with Crippen LogP contribution in [0.2, 0.25) is 0 Å². The average Bonchev–Trinajstić information content (AvgIpc) is 2.56. The van der Waals surface area contributed by atoms with Gasteiger partial charge in [0.2, 0.25) is 0 Å². The monoisotopic (exact) mass is 298 g/mol. The Morgan fingerprint density at radius 3 is 2.77 bits per heavy atom. The van der Waals surface area contributed by atoms with Gasteiger partial charge in [0.25, 0.3) is 0 Å². The molecule has 0 bridgehead atoms. The van der Waals surface area contributed by atoms with Crippen LogP contribution in [0.4, 0.5) is 0 Å². The molecule has 0 radical (unpaired) electrons. The molecule has 4 heteroatoms. The van der Waals surface area contributed by atoms with Gasteiger partial charge in [-0.3, -0.25) is 0 Å². The summed E-state index contributed by atoms with van der Waals surface area (Å²) in [5.41, 5.74) is 2.67. The summed E-state index contributed by atoms with van der Waals surface area (Å²) in [5, 5.41) is 0. The zero-order valence-electron chi connectivity index (χ0n) is 12.5. The Balaban J connectivity index is 1.59. The molecule has 1 heterocycles. The van der Waals surface area contributed by atoms with Gasteiger partial charge in [-0.25, -0.2) is 4.79 Å². The van der Waals surface area contributed by atoms with Crippen molar-refractivity contribution in [1.29, 1.82) is 0 Å². The summed E-state index contributed by atoms with van der Waals surface area (Å²) in [6, 6.07) is 15.4. The number of methoxy groups -OCH3 is 1. The summed E-state index contributed by atoms with van der Waals surface area (Å²) in [6.45, 7) is 0.913. The maximum absolute atomic E-state index is 12.1. The van der Waals surface area contributed by atoms with Crippen LogP contribution >= 0.6 is 0 Å². The molecule has 0 saturated carbocycles. The van der Waals surface area contributed by atoms with Gasteiger partial charge in [-0.1, -0.05) is 36.4 Å². The van der Waals surface area contributed by atoms with Crippen molar-refractivity contribution in [2.75, 3.05) is 13.7 Å². The van der Waals surface area contributed by atoms with E-state index in [0.29, 0.717) is 30.9 Å². The fraction of sp³-hybridized carbons (Fsp3) is 0.278. The number of rotatable bonds is 5. The minimum Gasteiger partial charge on any atom is -0.497 e. The standard InChI is InChI=1S/C18H18O4/c1-20-15-8-7-14-9-16(22-18(19)17(14)10-15)12-21-11-13-5-3-2-4-6-13/h2-8,10,16H,9,11-12H2,1H3. The Morgan fingerprint density at radius 2 is 2.00 bits per heavy atom. The number of fused-ring (bicyclic) bond motifs is 1. The molecule has 0 fully saturated rings. The highest BCUT2D eigenvalue weighted by Crippen LogP contribution is 2.25. The maximum atomic E-state index is 12.1. The van der Waals surface area contributed by atoms with E-state index in [1.165, 1.54) is 0 Å². The van der Waals surface area contributed by atoms with Crippen molar-refractivity contribution in [2.45, 2.75) is 19.1 Å². The van der Waals surface area contributed by atoms with E-state index >= 15 is 0 Å². The average molecular weight is 298 g/mol. The first-order chi connectivity index (χ1) is 10.8. The number of ether oxygens (including phenoxy) is 3. The molecule has 3 rings (SSSR count). The third-order valence-electron chi connectivity index (χ3n) is 3.67. The van der Waals surface area contributed by atoms with Crippen LogP contribution in [-0.4, -0.2) is 25.8 Å². The van der Waals surface area contributed by atoms with Crippen LogP contribution in [0, 0.1) is 0 Å². The minimum atomic E-state index is -0.312. The number of hydrogen-bond acceptors (Lipinski definition) is 4. The van der Waals surface area contributed by atoms with Crippen LogP contribution in [0.25, 0.3) is 0 Å². The maximum Gasteiger partial charge on any atom is 0.338 e. The van der Waals surface area contributed by atoms with Gasteiger partial charge in [0, 0.05) is 6.42 Å². The molecular weight excluding hydrogens is 280 g/mol. The lowest BCUT2D eigenvalue weighted by atomic mass is 9.98. The molecule has 2 aromatic carbocycles. The van der Waals surface area contributed by atoms with Crippen molar-refractivity contribution in [1.82, 2.24) is 0 Å². The van der Waals surface area contributed by atoms with Crippen LogP contribution in [0.3, 0.4) is 0 Å². The topological polar surface area (TPSA) is 44.8 Å². The highest BCUT2D eigenvalue weighted by molar-refractivity contribution is 5.92. The van der Waals surface area contributed by atoms with Crippen molar-refractivity contribution in [3.63, 3.8) is 0 Å². The Labute approximate surface area is 129 Å². The Bertz CT molecular complexity index is 651. The van der Waals surface area contributed by atoms with Crippen LogP contribution in [-0.2, 0) is 22.5 Å². The van der Waals surface area contributed by atoms with Gasteiger partial charge in [-0.05, 0) is 23.3 Å². The largest absolute Gasteiger partial charge is 0.497 e. The van der Waals surface area contributed by atoms with E-state index < -0.39 is 0 Å². The molecule has 1 aliphatic rings. The Morgan fingerprint density at radius 1 is 1.18 bits per heavy atom. The Kier molecular flexibility index (Phi) is 4.39. The number of cyclic esters (lactones) is 1. The fourth-order valence-corrected chi connectivity index (χ4v) is 2.53. The molecule has 0 spiro atoms. The molecule has 1 unspecified atom stereocenters. The van der Waals surface area contributed by atoms with E-state index in [4.69, 9.17) is 14.2 Å². The summed E-state index contributed by atoms with van der Waals surface area (Å²) in [6.07, 6.45) is 0.428. The predicted octanol–water partition coefficient (Wildman–Crippen LogP) is 2.99. The van der Waals surface area contributed by atoms with Gasteiger partial charge in [-0.15, -0.1) is 0 Å². The van der Waals surface area contributed by atoms with Crippen LogP contribution in [0.15, 0.2) is 48.5 Å². The zero-order valence-corrected chi connectivity index (χ0v) is 12.5. The minimum absolute atomic E-state index is 0.239. The summed E-state index contributed by atoms with van der Waals surface area (Å²) < 4.78 is 16.2. The van der Waals surface area contributed by atoms with Crippen LogP contribution in [0.1, 0.15) is 21.5 Å². The number of esters is 1. The molecule has 0 aromatic heterocycles. The van der Waals surface area contributed by atoms with Crippen molar-refractivity contribution < 1.29 is 19.0 Å². The number of benzene rings is 2. The third kappa shape index (κ3) is 3.28. The quantitative estimate of drug-likeness (QED) is 0.796. The van der Waals surface area contributed by atoms with Gasteiger partial charge in [0.05, 0.1) is 25.9 Å². The lowest BCUT2D eigenvalue weighted by Crippen LogP contribution is -2.31. The fourth-order valence-electron chi connectivity index (χ4n) is 2.53. The predicted molar refractivity (Wildman–Crippen MR) is 82.0 cm³/mol. The number of carbonyl (C=O) groups excluding carboxylic acids is 1. The molecule has 0 saturated heterocycles. The van der Waals surface area contributed by atoms with Gasteiger partial charge >= 0.3 is 5.97 Å². The second-order valence-electron chi connectivity index (χ2n) is 5.26. The zero-order chi connectivity index (χ0) is 15.4. The molecule has 1 atom stereocenters. The first kappa shape index (κ1) is 14.6. The SMILES string of the molecule is COc1ccc2c(c1)C(=O)OC(COCc1ccccc1)C2. The molecule has 1 aliphatic heterocycles. The summed E-state index contributed by atoms with van der Waals surface area (Å²) >= 11 is 0. The van der Waals surface area contributed by atoms with Gasteiger partial charge in [0.1, 0.15) is 11.9 Å². The number of carbonyl (C=O) groups is 1. The molecule has 22 heavy (non-hydrogen) atoms. The first-order valence-electron chi connectivity index (χ1n) is 7.26. The van der Waals surface area contributed by atoms with Crippen LogP contribution in [0.5, 0.6) is 5.75 Å². The lowest BCUT2D eigenvalue weighted by Gasteiger charge is -2.24. The van der Waals surface area contributed by atoms with Crippen molar-refractivity contribution in [2.24, 2.45) is 0 Å². The van der Waals surface area contributed by atoms with Crippen LogP contribution < -0.4 is 4.74 Å². The van der Waals surface area contributed by atoms with E-state index in [1.807, 2.05) is 42.5 Å². The Hall–Kier alpha value is -2.33. The van der Waals surface area contributed by atoms with E-state index in [0.717, 1.165) is 11.1 Å². The van der Waals surface area contributed by atoms with Crippen molar-refractivity contribution in [3.8, 4) is 5.75 Å². The van der Waals surface area contributed by atoms with Crippen molar-refractivity contribution >= 4 is 5.97 Å². The molecular formula is C18H18O4. The summed E-state index contributed by atoms with van der Waals surface area (Å²) in [4.78, 5) is 12.1. The first-order valence-corrected chi connectivity index (χ1v) is 7.26. The van der Waals surface area contributed by atoms with Crippen molar-refractivity contribution in [3.05, 3.63) is 65.2 Å². The van der Waals surface area contributed by atoms with E-state index in [9.17, 15) is 4.79 Å². The van der Waals surface area contributed by atoms with E-state index in [1.54, 1.807) is 13.2 Å². The van der Waals surface area contributed by atoms with E-state index in [2.05, 4.69) is 0 Å². The molecule has 4 nitrogen and oxygen atoms in total. The highest BCUT2D eigenvalue weighted by Gasteiger charge is 2.26. The molecule has 0 aliphatic carbocycles. The number of hydrogen-bond donors (Lipinski definition) is 0. The summed E-state index contributed by atoms with van der Waals surface area (Å²) in [7, 11) is 1.58. The lowest BCUT2D eigenvalue weighted by molar-refractivity contribution is -0.0123. The van der Waals surface area contributed by atoms with E-state index in [-0.39, 0.29) is 12.1 Å². The summed E-state index contributed by atoms with van der Waals surface area (Å²) in [5.74, 6) is 0.350. The highest BCUT2D eigenvalue weighted by atomic mass is 16.6. The third-order valence-corrected chi connectivity index (χ3v) is 3.67. The molecule has 114 valence electrons. The molecule has 2 aromatic rings. The smallest absolute Gasteiger partial charge is 0.338 e. The van der Waals surface area contributed by atoms with Gasteiger partial charge in [-0.2, -0.15) is 0 Å². The van der Waals surface area contributed by atoms with Gasteiger partial charge in [0.15, 0.2) is 0 Å². The normalized spacial score (nSPS) is 16.8. The molecule has 0 N–H and O–H groups in total. The van der Waals surface area contributed by atoms with Gasteiger partial charge < -0.3 is 14.2 Å². The second kappa shape index (κ2) is 6.62. The molecule has 0 amide bonds.